The number of carbonyl (C=O) groups is 2. The van der Waals surface area contributed by atoms with Crippen LogP contribution in [0.3, 0.4) is 0 Å². The fourth-order valence-corrected chi connectivity index (χ4v) is 4.24. The van der Waals surface area contributed by atoms with Crippen molar-refractivity contribution in [2.75, 3.05) is 13.1 Å². The molecule has 1 aliphatic rings. The number of fused-ring (bicyclic) bond motifs is 1. The van der Waals surface area contributed by atoms with E-state index >= 15 is 0 Å². The zero-order valence-electron chi connectivity index (χ0n) is 18.7. The summed E-state index contributed by atoms with van der Waals surface area (Å²) >= 11 is 0. The Morgan fingerprint density at radius 2 is 1.82 bits per heavy atom. The molecular weight excluding hydrogens is 433 g/mol. The summed E-state index contributed by atoms with van der Waals surface area (Å²) in [6, 6.07) is 17.6. The first-order valence-corrected chi connectivity index (χ1v) is 11.5. The predicted octanol–water partition coefficient (Wildman–Crippen LogP) is 4.78. The number of hydrogen-bond acceptors (Lipinski definition) is 3. The zero-order valence-corrected chi connectivity index (χ0v) is 18.7. The smallest absolute Gasteiger partial charge is 0.290 e. The largest absolute Gasteiger partial charge is 0.459 e. The highest BCUT2D eigenvalue weighted by Gasteiger charge is 2.36. The number of hydrogen-bond donors (Lipinski definition) is 1. The Labute approximate surface area is 197 Å². The van der Waals surface area contributed by atoms with E-state index in [0.717, 1.165) is 34.9 Å². The maximum atomic E-state index is 13.5. The molecule has 2 aromatic heterocycles. The van der Waals surface area contributed by atoms with Gasteiger partial charge in [-0.05, 0) is 60.7 Å². The second kappa shape index (κ2) is 9.55. The number of halogens is 1. The number of para-hydroxylation sites is 1. The van der Waals surface area contributed by atoms with E-state index in [4.69, 9.17) is 4.42 Å². The normalized spacial score (nSPS) is 13.2. The van der Waals surface area contributed by atoms with Crippen molar-refractivity contribution in [3.63, 3.8) is 0 Å². The monoisotopic (exact) mass is 459 g/mol. The lowest BCUT2D eigenvalue weighted by Crippen LogP contribution is -2.44. The Morgan fingerprint density at radius 3 is 2.56 bits per heavy atom. The van der Waals surface area contributed by atoms with Crippen LogP contribution in [0.15, 0.2) is 77.5 Å². The van der Waals surface area contributed by atoms with Crippen molar-refractivity contribution in [1.29, 1.82) is 0 Å². The lowest BCUT2D eigenvalue weighted by molar-refractivity contribution is -0.132. The van der Waals surface area contributed by atoms with Crippen molar-refractivity contribution in [3.05, 3.63) is 95.8 Å². The van der Waals surface area contributed by atoms with Gasteiger partial charge in [-0.25, -0.2) is 4.39 Å². The number of aromatic nitrogens is 1. The molecule has 0 radical (unpaired) electrons. The van der Waals surface area contributed by atoms with Gasteiger partial charge in [0.15, 0.2) is 5.76 Å². The lowest BCUT2D eigenvalue weighted by Gasteiger charge is -2.27. The summed E-state index contributed by atoms with van der Waals surface area (Å²) in [7, 11) is 0. The van der Waals surface area contributed by atoms with Gasteiger partial charge in [0, 0.05) is 36.2 Å². The molecule has 1 fully saturated rings. The van der Waals surface area contributed by atoms with E-state index in [0.29, 0.717) is 19.5 Å². The summed E-state index contributed by atoms with van der Waals surface area (Å²) < 4.78 is 18.7. The van der Waals surface area contributed by atoms with Crippen LogP contribution < -0.4 is 0 Å². The molecule has 1 N–H and O–H groups in total. The average molecular weight is 460 g/mol. The van der Waals surface area contributed by atoms with Crippen molar-refractivity contribution in [2.45, 2.75) is 31.8 Å². The van der Waals surface area contributed by atoms with Crippen LogP contribution in [0.2, 0.25) is 0 Å². The molecule has 0 unspecified atom stereocenters. The van der Waals surface area contributed by atoms with Gasteiger partial charge in [-0.1, -0.05) is 30.3 Å². The molecule has 1 aliphatic carbocycles. The van der Waals surface area contributed by atoms with E-state index in [1.54, 1.807) is 34.1 Å². The number of furan rings is 1. The van der Waals surface area contributed by atoms with E-state index in [9.17, 15) is 14.0 Å². The second-order valence-electron chi connectivity index (χ2n) is 8.69. The third-order valence-electron chi connectivity index (χ3n) is 6.25. The van der Waals surface area contributed by atoms with Crippen molar-refractivity contribution >= 4 is 22.7 Å². The van der Waals surface area contributed by atoms with E-state index in [-0.39, 0.29) is 36.0 Å². The number of nitrogens with one attached hydrogen (secondary N) is 1. The van der Waals surface area contributed by atoms with Gasteiger partial charge in [0.05, 0.1) is 6.26 Å². The van der Waals surface area contributed by atoms with Crippen LogP contribution in [-0.4, -0.2) is 45.7 Å². The summed E-state index contributed by atoms with van der Waals surface area (Å²) in [4.78, 5) is 33.1. The third-order valence-corrected chi connectivity index (χ3v) is 6.25. The fourth-order valence-electron chi connectivity index (χ4n) is 4.24. The Kier molecular flexibility index (Phi) is 6.16. The number of H-pyrrole nitrogens is 1. The highest BCUT2D eigenvalue weighted by Crippen LogP contribution is 2.28. The molecule has 0 aliphatic heterocycles. The molecule has 2 amide bonds. The van der Waals surface area contributed by atoms with Crippen LogP contribution in [0, 0.1) is 5.82 Å². The topological polar surface area (TPSA) is 69.6 Å². The zero-order chi connectivity index (χ0) is 23.5. The molecule has 0 atom stereocenters. The van der Waals surface area contributed by atoms with Gasteiger partial charge in [0.25, 0.3) is 5.91 Å². The van der Waals surface area contributed by atoms with Crippen LogP contribution in [0.1, 0.15) is 34.5 Å². The minimum Gasteiger partial charge on any atom is -0.459 e. The molecule has 0 spiro atoms. The molecule has 6 nitrogen and oxygen atoms in total. The maximum absolute atomic E-state index is 13.5. The summed E-state index contributed by atoms with van der Waals surface area (Å²) in [5.41, 5.74) is 3.01. The first-order chi connectivity index (χ1) is 16.6. The molecule has 0 saturated heterocycles. The minimum atomic E-state index is -0.315. The Balaban J connectivity index is 1.34. The number of rotatable bonds is 9. The molecule has 5 rings (SSSR count). The van der Waals surface area contributed by atoms with Gasteiger partial charge in [0.2, 0.25) is 5.91 Å². The lowest BCUT2D eigenvalue weighted by atomic mass is 10.1. The van der Waals surface area contributed by atoms with Gasteiger partial charge in [-0.2, -0.15) is 0 Å². The van der Waals surface area contributed by atoms with Gasteiger partial charge < -0.3 is 19.2 Å². The molecule has 174 valence electrons. The van der Waals surface area contributed by atoms with E-state index < -0.39 is 0 Å². The molecule has 0 bridgehead atoms. The predicted molar refractivity (Wildman–Crippen MR) is 127 cm³/mol. The van der Waals surface area contributed by atoms with Gasteiger partial charge in [0.1, 0.15) is 12.4 Å². The molecule has 4 aromatic rings. The third kappa shape index (κ3) is 4.88. The highest BCUT2D eigenvalue weighted by molar-refractivity contribution is 5.94. The Morgan fingerprint density at radius 1 is 1.03 bits per heavy atom. The number of nitrogens with zero attached hydrogens (tertiary/aromatic N) is 2. The fraction of sp³-hybridized carbons (Fsp3) is 0.259. The molecule has 2 aromatic carbocycles. The first kappa shape index (κ1) is 21.9. The van der Waals surface area contributed by atoms with Crippen LogP contribution in [0.4, 0.5) is 4.39 Å². The summed E-state index contributed by atoms with van der Waals surface area (Å²) in [5.74, 6) is -0.483. The van der Waals surface area contributed by atoms with Crippen LogP contribution >= 0.6 is 0 Å². The second-order valence-corrected chi connectivity index (χ2v) is 8.69. The quantitative estimate of drug-likeness (QED) is 0.392. The summed E-state index contributed by atoms with van der Waals surface area (Å²) in [5, 5.41) is 1.13. The SMILES string of the molecule is O=C(CN(C(=O)c1ccco1)C1CC1)N(CCc1c[nH]c2ccccc12)Cc1ccc(F)cc1. The number of amides is 2. The van der Waals surface area contributed by atoms with Crippen LogP contribution in [0.5, 0.6) is 0 Å². The van der Waals surface area contributed by atoms with Crippen LogP contribution in [-0.2, 0) is 17.8 Å². The molecule has 1 saturated carbocycles. The van der Waals surface area contributed by atoms with E-state index in [2.05, 4.69) is 11.1 Å². The summed E-state index contributed by atoms with van der Waals surface area (Å²) in [6.45, 7) is 0.805. The number of benzene rings is 2. The van der Waals surface area contributed by atoms with Gasteiger partial charge in [-0.15, -0.1) is 0 Å². The highest BCUT2D eigenvalue weighted by atomic mass is 19.1. The number of aromatic amines is 1. The molecular formula is C27H26FN3O3. The number of carbonyl (C=O) groups excluding carboxylic acids is 2. The Hall–Kier alpha value is -3.87. The average Bonchev–Trinajstić information content (AvgIpc) is 3.37. The maximum Gasteiger partial charge on any atom is 0.290 e. The molecule has 7 heteroatoms. The minimum absolute atomic E-state index is 0.0146. The van der Waals surface area contributed by atoms with E-state index in [1.807, 2.05) is 24.4 Å². The standard InChI is InChI=1S/C27H26FN3O3/c28-21-9-7-19(8-10-21)17-30(14-13-20-16-29-24-5-2-1-4-23(20)24)26(32)18-31(22-11-12-22)27(33)25-6-3-15-34-25/h1-10,15-16,22,29H,11-14,17-18H2. The first-order valence-electron chi connectivity index (χ1n) is 11.5. The van der Waals surface area contributed by atoms with Gasteiger partial charge in [-0.3, -0.25) is 9.59 Å². The van der Waals surface area contributed by atoms with Crippen molar-refractivity contribution in [3.8, 4) is 0 Å². The molecule has 2 heterocycles. The Bertz CT molecular complexity index is 1280. The van der Waals surface area contributed by atoms with Gasteiger partial charge >= 0.3 is 0 Å². The van der Waals surface area contributed by atoms with Crippen LogP contribution in [0.25, 0.3) is 10.9 Å². The van der Waals surface area contributed by atoms with Crippen molar-refractivity contribution in [2.24, 2.45) is 0 Å². The van der Waals surface area contributed by atoms with Crippen molar-refractivity contribution < 1.29 is 18.4 Å². The van der Waals surface area contributed by atoms with E-state index in [1.165, 1.54) is 18.4 Å². The molecule has 34 heavy (non-hydrogen) atoms. The summed E-state index contributed by atoms with van der Waals surface area (Å²) in [6.07, 6.45) is 5.86. The van der Waals surface area contributed by atoms with Crippen molar-refractivity contribution in [1.82, 2.24) is 14.8 Å².